The highest BCUT2D eigenvalue weighted by Crippen LogP contribution is 2.26. The second kappa shape index (κ2) is 8.21. The van der Waals surface area contributed by atoms with Crippen molar-refractivity contribution in [3.05, 3.63) is 46.7 Å². The van der Waals surface area contributed by atoms with E-state index in [4.69, 9.17) is 4.74 Å². The molecule has 0 radical (unpaired) electrons. The van der Waals surface area contributed by atoms with Crippen molar-refractivity contribution < 1.29 is 18.7 Å². The van der Waals surface area contributed by atoms with E-state index in [2.05, 4.69) is 27.8 Å². The van der Waals surface area contributed by atoms with Gasteiger partial charge in [-0.2, -0.15) is 0 Å². The second-order valence-electron chi connectivity index (χ2n) is 5.12. The molecule has 1 heterocycles. The molecule has 0 spiro atoms. The molecule has 0 aromatic heterocycles. The van der Waals surface area contributed by atoms with Crippen LogP contribution in [0.3, 0.4) is 0 Å². The van der Waals surface area contributed by atoms with Crippen molar-refractivity contribution in [3.63, 3.8) is 0 Å². The summed E-state index contributed by atoms with van der Waals surface area (Å²) in [5, 5.41) is 2.58. The quantitative estimate of drug-likeness (QED) is 0.791. The summed E-state index contributed by atoms with van der Waals surface area (Å²) in [6.45, 7) is 4.96. The van der Waals surface area contributed by atoms with Gasteiger partial charge in [-0.1, -0.05) is 12.6 Å². The van der Waals surface area contributed by atoms with Gasteiger partial charge in [0.1, 0.15) is 11.9 Å². The van der Waals surface area contributed by atoms with Gasteiger partial charge < -0.3 is 15.0 Å². The van der Waals surface area contributed by atoms with Crippen LogP contribution >= 0.6 is 15.9 Å². The standard InChI is InChI=1S/C16H18BrFN2O3/c1-2-15(21)19-6-5-16(22)20-7-8-23-14(10-20)11-3-4-13(18)12(17)9-11/h2-4,9,14H,1,5-8,10H2,(H,19,21). The predicted octanol–water partition coefficient (Wildman–Crippen LogP) is 2.18. The number of carbonyl (C=O) groups excluding carboxylic acids is 2. The Morgan fingerprint density at radius 2 is 2.30 bits per heavy atom. The van der Waals surface area contributed by atoms with E-state index in [0.717, 1.165) is 5.56 Å². The maximum Gasteiger partial charge on any atom is 0.243 e. The van der Waals surface area contributed by atoms with Gasteiger partial charge in [-0.3, -0.25) is 9.59 Å². The van der Waals surface area contributed by atoms with Crippen molar-refractivity contribution in [3.8, 4) is 0 Å². The van der Waals surface area contributed by atoms with Crippen molar-refractivity contribution in [1.29, 1.82) is 0 Å². The SMILES string of the molecule is C=CC(=O)NCCC(=O)N1CCOC(c2ccc(F)c(Br)c2)C1. The van der Waals surface area contributed by atoms with Crippen LogP contribution in [0.2, 0.25) is 0 Å². The lowest BCUT2D eigenvalue weighted by Gasteiger charge is -2.33. The minimum atomic E-state index is -0.338. The summed E-state index contributed by atoms with van der Waals surface area (Å²) in [5.41, 5.74) is 0.815. The van der Waals surface area contributed by atoms with E-state index in [9.17, 15) is 14.0 Å². The van der Waals surface area contributed by atoms with Crippen molar-refractivity contribution >= 4 is 27.7 Å². The highest BCUT2D eigenvalue weighted by atomic mass is 79.9. The molecule has 1 saturated heterocycles. The molecule has 1 N–H and O–H groups in total. The highest BCUT2D eigenvalue weighted by molar-refractivity contribution is 9.10. The average molecular weight is 385 g/mol. The van der Waals surface area contributed by atoms with E-state index in [0.29, 0.717) is 24.2 Å². The first-order chi connectivity index (χ1) is 11.0. The summed E-state index contributed by atoms with van der Waals surface area (Å²) < 4.78 is 19.4. The molecule has 0 saturated carbocycles. The van der Waals surface area contributed by atoms with Gasteiger partial charge in [0, 0.05) is 19.5 Å². The molecule has 1 aliphatic rings. The number of rotatable bonds is 5. The third-order valence-electron chi connectivity index (χ3n) is 3.56. The Hall–Kier alpha value is -1.73. The van der Waals surface area contributed by atoms with Gasteiger partial charge in [0.25, 0.3) is 0 Å². The van der Waals surface area contributed by atoms with Crippen molar-refractivity contribution in [2.24, 2.45) is 0 Å². The number of benzene rings is 1. The fourth-order valence-electron chi connectivity index (χ4n) is 2.31. The molecule has 1 unspecified atom stereocenters. The van der Waals surface area contributed by atoms with Gasteiger partial charge in [-0.05, 0) is 39.7 Å². The van der Waals surface area contributed by atoms with Crippen LogP contribution in [0.15, 0.2) is 35.3 Å². The molecule has 1 fully saturated rings. The molecule has 1 aromatic rings. The zero-order chi connectivity index (χ0) is 16.8. The molecule has 1 aliphatic heterocycles. The molecule has 1 aromatic carbocycles. The first-order valence-corrected chi connectivity index (χ1v) is 8.05. The Kier molecular flexibility index (Phi) is 6.29. The maximum absolute atomic E-state index is 13.3. The zero-order valence-corrected chi connectivity index (χ0v) is 14.1. The van der Waals surface area contributed by atoms with Crippen LogP contribution in [0.4, 0.5) is 4.39 Å². The molecule has 2 rings (SSSR count). The molecular formula is C16H18BrFN2O3. The van der Waals surface area contributed by atoms with Crippen LogP contribution in [0.25, 0.3) is 0 Å². The monoisotopic (exact) mass is 384 g/mol. The summed E-state index contributed by atoms with van der Waals surface area (Å²) >= 11 is 3.15. The summed E-state index contributed by atoms with van der Waals surface area (Å²) in [6, 6.07) is 4.69. The third kappa shape index (κ3) is 4.87. The van der Waals surface area contributed by atoms with Gasteiger partial charge >= 0.3 is 0 Å². The zero-order valence-electron chi connectivity index (χ0n) is 12.6. The number of morpholine rings is 1. The Morgan fingerprint density at radius 3 is 3.00 bits per heavy atom. The smallest absolute Gasteiger partial charge is 0.243 e. The van der Waals surface area contributed by atoms with Crippen molar-refractivity contribution in [2.75, 3.05) is 26.2 Å². The lowest BCUT2D eigenvalue weighted by atomic mass is 10.1. The number of hydrogen-bond acceptors (Lipinski definition) is 3. The van der Waals surface area contributed by atoms with Crippen LogP contribution < -0.4 is 5.32 Å². The molecule has 7 heteroatoms. The first-order valence-electron chi connectivity index (χ1n) is 7.26. The summed E-state index contributed by atoms with van der Waals surface area (Å²) in [7, 11) is 0. The Labute approximate surface area is 142 Å². The highest BCUT2D eigenvalue weighted by Gasteiger charge is 2.25. The molecule has 0 aliphatic carbocycles. The van der Waals surface area contributed by atoms with Crippen LogP contribution in [-0.4, -0.2) is 43.0 Å². The molecule has 2 amide bonds. The minimum Gasteiger partial charge on any atom is -0.370 e. The number of nitrogens with zero attached hydrogens (tertiary/aromatic N) is 1. The summed E-state index contributed by atoms with van der Waals surface area (Å²) in [4.78, 5) is 24.9. The molecule has 23 heavy (non-hydrogen) atoms. The molecule has 0 bridgehead atoms. The number of amides is 2. The fourth-order valence-corrected chi connectivity index (χ4v) is 2.71. The topological polar surface area (TPSA) is 58.6 Å². The van der Waals surface area contributed by atoms with Gasteiger partial charge in [-0.25, -0.2) is 4.39 Å². The van der Waals surface area contributed by atoms with E-state index < -0.39 is 0 Å². The molecule has 1 atom stereocenters. The summed E-state index contributed by atoms with van der Waals surface area (Å²) in [5.74, 6) is -0.687. The van der Waals surface area contributed by atoms with E-state index in [-0.39, 0.29) is 36.7 Å². The number of nitrogens with one attached hydrogen (secondary N) is 1. The van der Waals surface area contributed by atoms with Gasteiger partial charge in [-0.15, -0.1) is 0 Å². The third-order valence-corrected chi connectivity index (χ3v) is 4.17. The number of carbonyl (C=O) groups is 2. The number of hydrogen-bond donors (Lipinski definition) is 1. The molecule has 124 valence electrons. The molecular weight excluding hydrogens is 367 g/mol. The lowest BCUT2D eigenvalue weighted by molar-refractivity contribution is -0.138. The Balaban J connectivity index is 1.92. The first kappa shape index (κ1) is 17.6. The average Bonchev–Trinajstić information content (AvgIpc) is 2.57. The van der Waals surface area contributed by atoms with Crippen LogP contribution in [0, 0.1) is 5.82 Å². The van der Waals surface area contributed by atoms with Crippen LogP contribution in [0.1, 0.15) is 18.1 Å². The van der Waals surface area contributed by atoms with E-state index in [1.807, 2.05) is 0 Å². The Bertz CT molecular complexity index is 609. The van der Waals surface area contributed by atoms with E-state index >= 15 is 0 Å². The predicted molar refractivity (Wildman–Crippen MR) is 87.2 cm³/mol. The Morgan fingerprint density at radius 1 is 1.52 bits per heavy atom. The van der Waals surface area contributed by atoms with Crippen molar-refractivity contribution in [1.82, 2.24) is 10.2 Å². The minimum absolute atomic E-state index is 0.0520. The number of ether oxygens (including phenoxy) is 1. The maximum atomic E-state index is 13.3. The lowest BCUT2D eigenvalue weighted by Crippen LogP contribution is -2.43. The van der Waals surface area contributed by atoms with Crippen LogP contribution in [-0.2, 0) is 14.3 Å². The largest absolute Gasteiger partial charge is 0.370 e. The van der Waals surface area contributed by atoms with Gasteiger partial charge in [0.05, 0.1) is 17.6 Å². The number of halogens is 2. The van der Waals surface area contributed by atoms with E-state index in [1.54, 1.807) is 17.0 Å². The van der Waals surface area contributed by atoms with Gasteiger partial charge in [0.2, 0.25) is 11.8 Å². The normalized spacial score (nSPS) is 17.7. The van der Waals surface area contributed by atoms with Gasteiger partial charge in [0.15, 0.2) is 0 Å². The molecule has 5 nitrogen and oxygen atoms in total. The fraction of sp³-hybridized carbons (Fsp3) is 0.375. The second-order valence-corrected chi connectivity index (χ2v) is 5.97. The van der Waals surface area contributed by atoms with E-state index in [1.165, 1.54) is 12.1 Å². The van der Waals surface area contributed by atoms with Crippen LogP contribution in [0.5, 0.6) is 0 Å². The summed E-state index contributed by atoms with van der Waals surface area (Å²) in [6.07, 6.45) is 1.11. The van der Waals surface area contributed by atoms with Crippen molar-refractivity contribution in [2.45, 2.75) is 12.5 Å².